The Morgan fingerprint density at radius 1 is 1.26 bits per heavy atom. The molecule has 0 bridgehead atoms. The van der Waals surface area contributed by atoms with Gasteiger partial charge in [-0.2, -0.15) is 0 Å². The lowest BCUT2D eigenvalue weighted by Gasteiger charge is -2.01. The van der Waals surface area contributed by atoms with Crippen molar-refractivity contribution in [2.45, 2.75) is 0 Å². The highest BCUT2D eigenvalue weighted by molar-refractivity contribution is 7.13. The third kappa shape index (κ3) is 3.82. The van der Waals surface area contributed by atoms with Gasteiger partial charge in [0.15, 0.2) is 5.13 Å². The quantitative estimate of drug-likeness (QED) is 0.633. The van der Waals surface area contributed by atoms with E-state index in [9.17, 15) is 4.79 Å². The standard InChI is InChI=1S/C16H10Cl2N2O2S/c17-12-3-1-2-11(15(12)18)13-6-4-10(22-13)5-7-14(21)20-16-19-8-9-23-16/h1-9H,(H,19,20,21). The van der Waals surface area contributed by atoms with Crippen molar-refractivity contribution in [2.75, 3.05) is 5.32 Å². The van der Waals surface area contributed by atoms with Crippen LogP contribution < -0.4 is 5.32 Å². The van der Waals surface area contributed by atoms with Gasteiger partial charge in [0.2, 0.25) is 5.91 Å². The molecule has 3 rings (SSSR count). The zero-order valence-corrected chi connectivity index (χ0v) is 14.0. The molecule has 0 radical (unpaired) electrons. The summed E-state index contributed by atoms with van der Waals surface area (Å²) in [7, 11) is 0. The molecule has 0 aliphatic rings. The van der Waals surface area contributed by atoms with Gasteiger partial charge in [0.25, 0.3) is 0 Å². The van der Waals surface area contributed by atoms with E-state index in [4.69, 9.17) is 27.6 Å². The summed E-state index contributed by atoms with van der Waals surface area (Å²) < 4.78 is 5.67. The van der Waals surface area contributed by atoms with Crippen molar-refractivity contribution in [1.82, 2.24) is 4.98 Å². The van der Waals surface area contributed by atoms with Crippen LogP contribution in [0, 0.1) is 0 Å². The molecule has 4 nitrogen and oxygen atoms in total. The van der Waals surface area contributed by atoms with Crippen LogP contribution in [0.25, 0.3) is 17.4 Å². The van der Waals surface area contributed by atoms with Crippen LogP contribution in [-0.4, -0.2) is 10.9 Å². The molecular formula is C16H10Cl2N2O2S. The van der Waals surface area contributed by atoms with Crippen molar-refractivity contribution >= 4 is 51.7 Å². The fourth-order valence-electron chi connectivity index (χ4n) is 1.87. The lowest BCUT2D eigenvalue weighted by atomic mass is 10.2. The SMILES string of the molecule is O=C(C=Cc1ccc(-c2cccc(Cl)c2Cl)o1)Nc1nccs1. The number of nitrogens with zero attached hydrogens (tertiary/aromatic N) is 1. The van der Waals surface area contributed by atoms with Crippen LogP contribution in [0.15, 0.2) is 52.4 Å². The summed E-state index contributed by atoms with van der Waals surface area (Å²) in [6, 6.07) is 8.84. The molecule has 0 unspecified atom stereocenters. The van der Waals surface area contributed by atoms with E-state index in [1.54, 1.807) is 41.9 Å². The lowest BCUT2D eigenvalue weighted by Crippen LogP contribution is -2.06. The van der Waals surface area contributed by atoms with Crippen LogP contribution in [-0.2, 0) is 4.79 Å². The monoisotopic (exact) mass is 364 g/mol. The summed E-state index contributed by atoms with van der Waals surface area (Å²) in [5.41, 5.74) is 0.700. The van der Waals surface area contributed by atoms with Crippen LogP contribution >= 0.6 is 34.5 Å². The average molecular weight is 365 g/mol. The fourth-order valence-corrected chi connectivity index (χ4v) is 2.80. The second-order valence-electron chi connectivity index (χ2n) is 4.46. The lowest BCUT2D eigenvalue weighted by molar-refractivity contribution is -0.111. The Morgan fingerprint density at radius 2 is 2.13 bits per heavy atom. The number of benzene rings is 1. The number of carbonyl (C=O) groups excluding carboxylic acids is 1. The van der Waals surface area contributed by atoms with Crippen molar-refractivity contribution in [2.24, 2.45) is 0 Å². The van der Waals surface area contributed by atoms with E-state index in [0.29, 0.717) is 32.3 Å². The normalized spacial score (nSPS) is 11.0. The highest BCUT2D eigenvalue weighted by Crippen LogP contribution is 2.34. The van der Waals surface area contributed by atoms with Gasteiger partial charge in [-0.05, 0) is 30.3 Å². The largest absolute Gasteiger partial charge is 0.457 e. The maximum Gasteiger partial charge on any atom is 0.250 e. The molecule has 7 heteroatoms. The first-order chi connectivity index (χ1) is 11.1. The summed E-state index contributed by atoms with van der Waals surface area (Å²) in [6.45, 7) is 0. The molecule has 23 heavy (non-hydrogen) atoms. The van der Waals surface area contributed by atoms with Gasteiger partial charge in [0.05, 0.1) is 10.0 Å². The molecule has 0 saturated heterocycles. The number of hydrogen-bond acceptors (Lipinski definition) is 4. The number of furan rings is 1. The van der Waals surface area contributed by atoms with Crippen molar-refractivity contribution < 1.29 is 9.21 Å². The van der Waals surface area contributed by atoms with Crippen LogP contribution in [0.5, 0.6) is 0 Å². The van der Waals surface area contributed by atoms with Crippen LogP contribution in [0.4, 0.5) is 5.13 Å². The first kappa shape index (κ1) is 15.8. The number of nitrogens with one attached hydrogen (secondary N) is 1. The minimum atomic E-state index is -0.279. The first-order valence-electron chi connectivity index (χ1n) is 6.56. The Hall–Kier alpha value is -2.08. The predicted octanol–water partition coefficient (Wildman–Crippen LogP) is 5.36. The van der Waals surface area contributed by atoms with E-state index >= 15 is 0 Å². The molecule has 0 atom stereocenters. The third-order valence-corrected chi connectivity index (χ3v) is 4.41. The summed E-state index contributed by atoms with van der Waals surface area (Å²) in [4.78, 5) is 15.7. The average Bonchev–Trinajstić information content (AvgIpc) is 3.19. The minimum Gasteiger partial charge on any atom is -0.457 e. The van der Waals surface area contributed by atoms with Crippen molar-refractivity contribution in [1.29, 1.82) is 0 Å². The van der Waals surface area contributed by atoms with Crippen LogP contribution in [0.3, 0.4) is 0 Å². The molecule has 1 aromatic carbocycles. The summed E-state index contributed by atoms with van der Waals surface area (Å²) in [5.74, 6) is 0.835. The van der Waals surface area contributed by atoms with Gasteiger partial charge in [0.1, 0.15) is 11.5 Å². The molecule has 116 valence electrons. The number of aromatic nitrogens is 1. The van der Waals surface area contributed by atoms with Crippen molar-refractivity contribution in [3.8, 4) is 11.3 Å². The second kappa shape index (κ2) is 7.00. The number of thiazole rings is 1. The summed E-state index contributed by atoms with van der Waals surface area (Å²) >= 11 is 13.5. The van der Waals surface area contributed by atoms with Gasteiger partial charge < -0.3 is 4.42 Å². The minimum absolute atomic E-state index is 0.279. The number of carbonyl (C=O) groups is 1. The van der Waals surface area contributed by atoms with E-state index in [1.807, 2.05) is 6.07 Å². The Balaban J connectivity index is 1.73. The Bertz CT molecular complexity index is 857. The van der Waals surface area contributed by atoms with E-state index in [0.717, 1.165) is 0 Å². The number of amides is 1. The molecule has 0 aliphatic heterocycles. The van der Waals surface area contributed by atoms with Crippen molar-refractivity contribution in [3.05, 3.63) is 63.8 Å². The zero-order valence-electron chi connectivity index (χ0n) is 11.6. The molecule has 0 saturated carbocycles. The zero-order chi connectivity index (χ0) is 16.2. The van der Waals surface area contributed by atoms with Crippen LogP contribution in [0.1, 0.15) is 5.76 Å². The maximum absolute atomic E-state index is 11.7. The van der Waals surface area contributed by atoms with Gasteiger partial charge in [-0.1, -0.05) is 29.3 Å². The second-order valence-corrected chi connectivity index (χ2v) is 6.14. The Labute approximate surface area is 146 Å². The smallest absolute Gasteiger partial charge is 0.250 e. The topological polar surface area (TPSA) is 55.1 Å². The van der Waals surface area contributed by atoms with Gasteiger partial charge >= 0.3 is 0 Å². The molecule has 3 aromatic rings. The molecular weight excluding hydrogens is 355 g/mol. The molecule has 0 aliphatic carbocycles. The fraction of sp³-hybridized carbons (Fsp3) is 0. The Kier molecular flexibility index (Phi) is 4.81. The van der Waals surface area contributed by atoms with E-state index in [-0.39, 0.29) is 5.91 Å². The maximum atomic E-state index is 11.7. The van der Waals surface area contributed by atoms with Gasteiger partial charge in [0, 0.05) is 23.2 Å². The first-order valence-corrected chi connectivity index (χ1v) is 8.20. The number of anilines is 1. The van der Waals surface area contributed by atoms with E-state index < -0.39 is 0 Å². The Morgan fingerprint density at radius 3 is 2.91 bits per heavy atom. The molecule has 1 amide bonds. The molecule has 0 fully saturated rings. The molecule has 1 N–H and O–H groups in total. The highest BCUT2D eigenvalue weighted by Gasteiger charge is 2.10. The van der Waals surface area contributed by atoms with Gasteiger partial charge in [-0.25, -0.2) is 4.98 Å². The summed E-state index contributed by atoms with van der Waals surface area (Å²) in [5, 5.41) is 5.87. The number of rotatable bonds is 4. The predicted molar refractivity (Wildman–Crippen MR) is 93.9 cm³/mol. The van der Waals surface area contributed by atoms with E-state index in [1.165, 1.54) is 17.4 Å². The van der Waals surface area contributed by atoms with Gasteiger partial charge in [-0.15, -0.1) is 11.3 Å². The number of halogens is 2. The van der Waals surface area contributed by atoms with Crippen molar-refractivity contribution in [3.63, 3.8) is 0 Å². The molecule has 0 spiro atoms. The number of hydrogen-bond donors (Lipinski definition) is 1. The van der Waals surface area contributed by atoms with Gasteiger partial charge in [-0.3, -0.25) is 10.1 Å². The molecule has 2 heterocycles. The van der Waals surface area contributed by atoms with Crippen LogP contribution in [0.2, 0.25) is 10.0 Å². The highest BCUT2D eigenvalue weighted by atomic mass is 35.5. The summed E-state index contributed by atoms with van der Waals surface area (Å²) in [6.07, 6.45) is 4.58. The molecule has 2 aromatic heterocycles. The third-order valence-electron chi connectivity index (χ3n) is 2.91. The van der Waals surface area contributed by atoms with E-state index in [2.05, 4.69) is 10.3 Å².